The Bertz CT molecular complexity index is 799. The minimum atomic E-state index is -0.455. The number of fused-ring (bicyclic) bond motifs is 1. The molecule has 0 fully saturated rings. The number of hydrogen-bond donors (Lipinski definition) is 3. The zero-order valence-corrected chi connectivity index (χ0v) is 10.8. The number of aromatic nitrogens is 4. The topological polar surface area (TPSA) is 110 Å². The third-order valence-corrected chi connectivity index (χ3v) is 3.01. The van der Waals surface area contributed by atoms with Gasteiger partial charge in [-0.05, 0) is 24.3 Å². The largest absolute Gasteiger partial charge is 0.366 e. The van der Waals surface area contributed by atoms with Crippen molar-refractivity contribution in [1.29, 1.82) is 0 Å². The SMILES string of the molecule is Nc1n[nH]c(C(=O)Nc2ccc(Cl)c3cccnc23)n1. The van der Waals surface area contributed by atoms with Crippen molar-refractivity contribution < 1.29 is 4.79 Å². The van der Waals surface area contributed by atoms with Gasteiger partial charge in [-0.25, -0.2) is 0 Å². The van der Waals surface area contributed by atoms with Gasteiger partial charge in [0.2, 0.25) is 11.8 Å². The number of nitrogens with two attached hydrogens (primary N) is 1. The highest BCUT2D eigenvalue weighted by atomic mass is 35.5. The number of hydrogen-bond acceptors (Lipinski definition) is 5. The Morgan fingerprint density at radius 2 is 2.20 bits per heavy atom. The van der Waals surface area contributed by atoms with Crippen molar-refractivity contribution in [2.75, 3.05) is 11.1 Å². The van der Waals surface area contributed by atoms with E-state index in [0.29, 0.717) is 16.2 Å². The van der Waals surface area contributed by atoms with E-state index in [1.807, 2.05) is 6.07 Å². The van der Waals surface area contributed by atoms with E-state index in [4.69, 9.17) is 17.3 Å². The first-order chi connectivity index (χ1) is 9.65. The first-order valence-corrected chi connectivity index (χ1v) is 6.05. The average molecular weight is 289 g/mol. The zero-order chi connectivity index (χ0) is 14.1. The van der Waals surface area contributed by atoms with Crippen molar-refractivity contribution in [2.24, 2.45) is 0 Å². The third-order valence-electron chi connectivity index (χ3n) is 2.68. The second-order valence-corrected chi connectivity index (χ2v) is 4.40. The van der Waals surface area contributed by atoms with Crippen LogP contribution < -0.4 is 11.1 Å². The van der Waals surface area contributed by atoms with Crippen LogP contribution in [0.4, 0.5) is 11.6 Å². The molecular weight excluding hydrogens is 280 g/mol. The van der Waals surface area contributed by atoms with E-state index >= 15 is 0 Å². The number of anilines is 2. The normalized spacial score (nSPS) is 10.7. The van der Waals surface area contributed by atoms with E-state index in [0.717, 1.165) is 5.39 Å². The number of H-pyrrole nitrogens is 1. The zero-order valence-electron chi connectivity index (χ0n) is 10.1. The van der Waals surface area contributed by atoms with Gasteiger partial charge in [-0.1, -0.05) is 11.6 Å². The van der Waals surface area contributed by atoms with Crippen molar-refractivity contribution in [2.45, 2.75) is 0 Å². The number of halogens is 1. The standard InChI is InChI=1S/C12H9ClN6O/c13-7-3-4-8(9-6(7)2-1-5-15-9)16-11(20)10-17-12(14)19-18-10/h1-5H,(H,16,20)(H3,14,17,18,19). The lowest BCUT2D eigenvalue weighted by molar-refractivity contribution is 0.101. The Kier molecular flexibility index (Phi) is 2.96. The summed E-state index contributed by atoms with van der Waals surface area (Å²) >= 11 is 6.09. The molecular formula is C12H9ClN6O. The predicted octanol–water partition coefficient (Wildman–Crippen LogP) is 1.84. The quantitative estimate of drug-likeness (QED) is 0.666. The van der Waals surface area contributed by atoms with E-state index < -0.39 is 5.91 Å². The van der Waals surface area contributed by atoms with Crippen LogP contribution in [0.25, 0.3) is 10.9 Å². The average Bonchev–Trinajstić information content (AvgIpc) is 2.89. The maximum atomic E-state index is 12.0. The van der Waals surface area contributed by atoms with Gasteiger partial charge in [0.25, 0.3) is 5.91 Å². The van der Waals surface area contributed by atoms with Gasteiger partial charge in [-0.15, -0.1) is 5.10 Å². The first-order valence-electron chi connectivity index (χ1n) is 5.67. The van der Waals surface area contributed by atoms with Crippen LogP contribution in [-0.4, -0.2) is 26.1 Å². The molecule has 0 aliphatic carbocycles. The summed E-state index contributed by atoms with van der Waals surface area (Å²) in [4.78, 5) is 20.0. The Morgan fingerprint density at radius 3 is 2.95 bits per heavy atom. The van der Waals surface area contributed by atoms with E-state index in [1.54, 1.807) is 24.4 Å². The van der Waals surface area contributed by atoms with Crippen molar-refractivity contribution in [3.63, 3.8) is 0 Å². The summed E-state index contributed by atoms with van der Waals surface area (Å²) in [5.41, 5.74) is 6.49. The molecule has 0 bridgehead atoms. The monoisotopic (exact) mass is 288 g/mol. The minimum absolute atomic E-state index is 0.00855. The molecule has 0 saturated heterocycles. The molecule has 0 aliphatic heterocycles. The van der Waals surface area contributed by atoms with Gasteiger partial charge in [-0.3, -0.25) is 14.9 Å². The maximum Gasteiger partial charge on any atom is 0.293 e. The van der Waals surface area contributed by atoms with E-state index in [9.17, 15) is 4.79 Å². The molecule has 2 aromatic heterocycles. The molecule has 2 heterocycles. The third kappa shape index (κ3) is 2.14. The van der Waals surface area contributed by atoms with Crippen molar-refractivity contribution in [1.82, 2.24) is 20.2 Å². The molecule has 0 spiro atoms. The minimum Gasteiger partial charge on any atom is -0.366 e. The molecule has 1 aromatic carbocycles. The van der Waals surface area contributed by atoms with Crippen LogP contribution in [0.5, 0.6) is 0 Å². The number of carbonyl (C=O) groups excluding carboxylic acids is 1. The number of carbonyl (C=O) groups is 1. The lowest BCUT2D eigenvalue weighted by Gasteiger charge is -2.07. The van der Waals surface area contributed by atoms with Crippen molar-refractivity contribution in [3.8, 4) is 0 Å². The second-order valence-electron chi connectivity index (χ2n) is 3.99. The highest BCUT2D eigenvalue weighted by Crippen LogP contribution is 2.28. The fourth-order valence-corrected chi connectivity index (χ4v) is 2.01. The molecule has 7 nitrogen and oxygen atoms in total. The van der Waals surface area contributed by atoms with Gasteiger partial charge in [0, 0.05) is 11.6 Å². The Balaban J connectivity index is 1.99. The van der Waals surface area contributed by atoms with Crippen LogP contribution in [0, 0.1) is 0 Å². The van der Waals surface area contributed by atoms with Crippen molar-refractivity contribution in [3.05, 3.63) is 41.3 Å². The van der Waals surface area contributed by atoms with Crippen molar-refractivity contribution >= 4 is 40.0 Å². The molecule has 0 unspecified atom stereocenters. The van der Waals surface area contributed by atoms with Gasteiger partial charge in [0.1, 0.15) is 0 Å². The number of amides is 1. The van der Waals surface area contributed by atoms with Gasteiger partial charge in [0.05, 0.1) is 16.2 Å². The van der Waals surface area contributed by atoms with Crippen LogP contribution in [0.2, 0.25) is 5.02 Å². The summed E-state index contributed by atoms with van der Waals surface area (Å²) in [6.07, 6.45) is 1.63. The number of rotatable bonds is 2. The van der Waals surface area contributed by atoms with Crippen LogP contribution >= 0.6 is 11.6 Å². The smallest absolute Gasteiger partial charge is 0.293 e. The summed E-state index contributed by atoms with van der Waals surface area (Å²) in [5, 5.41) is 10.1. The van der Waals surface area contributed by atoms with Crippen LogP contribution in [0.3, 0.4) is 0 Å². The maximum absolute atomic E-state index is 12.0. The molecule has 4 N–H and O–H groups in total. The lowest BCUT2D eigenvalue weighted by atomic mass is 10.2. The Hall–Kier alpha value is -2.67. The number of aromatic amines is 1. The van der Waals surface area contributed by atoms with Gasteiger partial charge >= 0.3 is 0 Å². The number of nitrogens with zero attached hydrogens (tertiary/aromatic N) is 3. The van der Waals surface area contributed by atoms with E-state index in [-0.39, 0.29) is 11.8 Å². The number of pyridine rings is 1. The van der Waals surface area contributed by atoms with E-state index in [1.165, 1.54) is 0 Å². The molecule has 100 valence electrons. The highest BCUT2D eigenvalue weighted by Gasteiger charge is 2.13. The summed E-state index contributed by atoms with van der Waals surface area (Å²) in [6, 6.07) is 6.97. The molecule has 0 aliphatic rings. The number of nitrogens with one attached hydrogen (secondary N) is 2. The van der Waals surface area contributed by atoms with Crippen LogP contribution in [-0.2, 0) is 0 Å². The Labute approximate surface area is 118 Å². The fourth-order valence-electron chi connectivity index (χ4n) is 1.80. The molecule has 8 heteroatoms. The molecule has 0 radical (unpaired) electrons. The van der Waals surface area contributed by atoms with Gasteiger partial charge in [-0.2, -0.15) is 4.98 Å². The molecule has 3 rings (SSSR count). The first kappa shape index (κ1) is 12.4. The number of benzene rings is 1. The van der Waals surface area contributed by atoms with Gasteiger partial charge < -0.3 is 11.1 Å². The summed E-state index contributed by atoms with van der Waals surface area (Å²) in [7, 11) is 0. The molecule has 1 amide bonds. The summed E-state index contributed by atoms with van der Waals surface area (Å²) < 4.78 is 0. The molecule has 0 atom stereocenters. The number of nitrogen functional groups attached to an aromatic ring is 1. The van der Waals surface area contributed by atoms with Crippen LogP contribution in [0.15, 0.2) is 30.5 Å². The predicted molar refractivity (Wildman–Crippen MR) is 75.5 cm³/mol. The molecule has 20 heavy (non-hydrogen) atoms. The highest BCUT2D eigenvalue weighted by molar-refractivity contribution is 6.36. The summed E-state index contributed by atoms with van der Waals surface area (Å²) in [6.45, 7) is 0. The summed E-state index contributed by atoms with van der Waals surface area (Å²) in [5.74, 6) is -0.417. The lowest BCUT2D eigenvalue weighted by Crippen LogP contribution is -2.14. The molecule has 0 saturated carbocycles. The fraction of sp³-hybridized carbons (Fsp3) is 0. The second kappa shape index (κ2) is 4.78. The Morgan fingerprint density at radius 1 is 1.35 bits per heavy atom. The molecule has 3 aromatic rings. The van der Waals surface area contributed by atoms with Gasteiger partial charge in [0.15, 0.2) is 0 Å². The van der Waals surface area contributed by atoms with Crippen LogP contribution in [0.1, 0.15) is 10.6 Å². The van der Waals surface area contributed by atoms with E-state index in [2.05, 4.69) is 25.5 Å².